The summed E-state index contributed by atoms with van der Waals surface area (Å²) in [5, 5.41) is 14.1. The SMILES string of the molecule is O=C(Nc1ccc(N2CCCC2)cc1)c1ccc(Nc2ccccc2)nn1. The molecule has 0 aliphatic carbocycles. The fraction of sp³-hybridized carbons (Fsp3) is 0.190. The molecule has 1 fully saturated rings. The average Bonchev–Trinajstić information content (AvgIpc) is 3.25. The lowest BCUT2D eigenvalue weighted by Gasteiger charge is -2.17. The smallest absolute Gasteiger partial charge is 0.276 e. The first-order chi connectivity index (χ1) is 13.3. The van der Waals surface area contributed by atoms with Crippen molar-refractivity contribution in [1.82, 2.24) is 10.2 Å². The minimum atomic E-state index is -0.275. The average molecular weight is 359 g/mol. The summed E-state index contributed by atoms with van der Waals surface area (Å²) in [6, 6.07) is 21.0. The molecule has 1 aliphatic heterocycles. The predicted octanol–water partition coefficient (Wildman–Crippen LogP) is 4.07. The molecule has 0 bridgehead atoms. The quantitative estimate of drug-likeness (QED) is 0.718. The maximum atomic E-state index is 12.4. The highest BCUT2D eigenvalue weighted by Gasteiger charge is 2.13. The summed E-state index contributed by atoms with van der Waals surface area (Å²) in [7, 11) is 0. The second kappa shape index (κ2) is 7.86. The van der Waals surface area contributed by atoms with Gasteiger partial charge in [-0.2, -0.15) is 0 Å². The number of para-hydroxylation sites is 1. The van der Waals surface area contributed by atoms with E-state index in [9.17, 15) is 4.79 Å². The van der Waals surface area contributed by atoms with Crippen LogP contribution in [0.5, 0.6) is 0 Å². The Morgan fingerprint density at radius 3 is 2.22 bits per heavy atom. The molecule has 1 aliphatic rings. The number of aromatic nitrogens is 2. The lowest BCUT2D eigenvalue weighted by Crippen LogP contribution is -2.18. The van der Waals surface area contributed by atoms with Crippen molar-refractivity contribution >= 4 is 28.8 Å². The second-order valence-electron chi connectivity index (χ2n) is 6.49. The van der Waals surface area contributed by atoms with Gasteiger partial charge in [-0.3, -0.25) is 4.79 Å². The van der Waals surface area contributed by atoms with Gasteiger partial charge in [0.15, 0.2) is 11.5 Å². The number of anilines is 4. The van der Waals surface area contributed by atoms with Gasteiger partial charge in [0.1, 0.15) is 0 Å². The van der Waals surface area contributed by atoms with E-state index in [1.165, 1.54) is 18.5 Å². The van der Waals surface area contributed by atoms with E-state index < -0.39 is 0 Å². The van der Waals surface area contributed by atoms with E-state index in [2.05, 4.69) is 25.7 Å². The van der Waals surface area contributed by atoms with Crippen LogP contribution in [-0.4, -0.2) is 29.2 Å². The van der Waals surface area contributed by atoms with Gasteiger partial charge in [-0.05, 0) is 61.4 Å². The Balaban J connectivity index is 1.37. The number of nitrogens with one attached hydrogen (secondary N) is 2. The summed E-state index contributed by atoms with van der Waals surface area (Å²) < 4.78 is 0. The third kappa shape index (κ3) is 4.23. The number of hydrogen-bond acceptors (Lipinski definition) is 5. The number of amides is 1. The van der Waals surface area contributed by atoms with Gasteiger partial charge in [0, 0.05) is 30.2 Å². The Morgan fingerprint density at radius 2 is 1.56 bits per heavy atom. The molecule has 3 aromatic rings. The van der Waals surface area contributed by atoms with Gasteiger partial charge in [-0.25, -0.2) is 0 Å². The number of benzene rings is 2. The highest BCUT2D eigenvalue weighted by molar-refractivity contribution is 6.02. The number of nitrogens with zero attached hydrogens (tertiary/aromatic N) is 3. The molecule has 0 atom stereocenters. The van der Waals surface area contributed by atoms with Gasteiger partial charge < -0.3 is 15.5 Å². The molecule has 136 valence electrons. The molecule has 1 aromatic heterocycles. The van der Waals surface area contributed by atoms with Gasteiger partial charge in [0.25, 0.3) is 5.91 Å². The van der Waals surface area contributed by atoms with Crippen molar-refractivity contribution in [1.29, 1.82) is 0 Å². The normalized spacial score (nSPS) is 13.4. The van der Waals surface area contributed by atoms with Gasteiger partial charge >= 0.3 is 0 Å². The summed E-state index contributed by atoms with van der Waals surface area (Å²) in [5.74, 6) is 0.315. The fourth-order valence-electron chi connectivity index (χ4n) is 3.12. The summed E-state index contributed by atoms with van der Waals surface area (Å²) >= 11 is 0. The minimum Gasteiger partial charge on any atom is -0.372 e. The van der Waals surface area contributed by atoms with Crippen LogP contribution in [0.2, 0.25) is 0 Å². The largest absolute Gasteiger partial charge is 0.372 e. The molecule has 0 spiro atoms. The Kier molecular flexibility index (Phi) is 4.96. The molecule has 27 heavy (non-hydrogen) atoms. The van der Waals surface area contributed by atoms with Crippen LogP contribution in [0.25, 0.3) is 0 Å². The van der Waals surface area contributed by atoms with Crippen LogP contribution >= 0.6 is 0 Å². The monoisotopic (exact) mass is 359 g/mol. The van der Waals surface area contributed by atoms with Crippen molar-refractivity contribution in [3.8, 4) is 0 Å². The van der Waals surface area contributed by atoms with Crippen molar-refractivity contribution < 1.29 is 4.79 Å². The Morgan fingerprint density at radius 1 is 0.815 bits per heavy atom. The van der Waals surface area contributed by atoms with Crippen LogP contribution in [0, 0.1) is 0 Å². The molecule has 0 unspecified atom stereocenters. The zero-order valence-electron chi connectivity index (χ0n) is 14.9. The minimum absolute atomic E-state index is 0.275. The highest BCUT2D eigenvalue weighted by Crippen LogP contribution is 2.22. The number of hydrogen-bond donors (Lipinski definition) is 2. The van der Waals surface area contributed by atoms with Crippen LogP contribution in [0.3, 0.4) is 0 Å². The lowest BCUT2D eigenvalue weighted by molar-refractivity contribution is 0.102. The van der Waals surface area contributed by atoms with Crippen LogP contribution in [0.15, 0.2) is 66.7 Å². The first-order valence-corrected chi connectivity index (χ1v) is 9.10. The maximum absolute atomic E-state index is 12.4. The van der Waals surface area contributed by atoms with Crippen molar-refractivity contribution in [3.05, 3.63) is 72.4 Å². The zero-order chi connectivity index (χ0) is 18.5. The number of rotatable bonds is 5. The van der Waals surface area contributed by atoms with Crippen LogP contribution in [-0.2, 0) is 0 Å². The van der Waals surface area contributed by atoms with Crippen molar-refractivity contribution in [2.75, 3.05) is 28.6 Å². The van der Waals surface area contributed by atoms with Gasteiger partial charge in [-0.15, -0.1) is 10.2 Å². The molecule has 2 N–H and O–H groups in total. The molecule has 0 radical (unpaired) electrons. The summed E-state index contributed by atoms with van der Waals surface area (Å²) in [6.07, 6.45) is 2.48. The van der Waals surface area contributed by atoms with E-state index in [1.807, 2.05) is 54.6 Å². The van der Waals surface area contributed by atoms with Gasteiger partial charge in [-0.1, -0.05) is 18.2 Å². The zero-order valence-corrected chi connectivity index (χ0v) is 14.9. The fourth-order valence-corrected chi connectivity index (χ4v) is 3.12. The van der Waals surface area contributed by atoms with E-state index in [0.29, 0.717) is 5.82 Å². The molecule has 2 aromatic carbocycles. The summed E-state index contributed by atoms with van der Waals surface area (Å²) in [6.45, 7) is 2.20. The van der Waals surface area contributed by atoms with E-state index in [4.69, 9.17) is 0 Å². The molecule has 1 amide bonds. The number of carbonyl (C=O) groups is 1. The second-order valence-corrected chi connectivity index (χ2v) is 6.49. The van der Waals surface area contributed by atoms with E-state index >= 15 is 0 Å². The van der Waals surface area contributed by atoms with E-state index in [0.717, 1.165) is 24.5 Å². The standard InChI is InChI=1S/C21H21N5O/c27-21(23-17-8-10-18(11-9-17)26-14-4-5-15-26)19-12-13-20(25-24-19)22-16-6-2-1-3-7-16/h1-3,6-13H,4-5,14-15H2,(H,22,25)(H,23,27). The molecular weight excluding hydrogens is 338 g/mol. The van der Waals surface area contributed by atoms with Gasteiger partial charge in [0.2, 0.25) is 0 Å². The summed E-state index contributed by atoms with van der Waals surface area (Å²) in [4.78, 5) is 14.7. The van der Waals surface area contributed by atoms with Crippen molar-refractivity contribution in [2.24, 2.45) is 0 Å². The first kappa shape index (κ1) is 17.0. The predicted molar refractivity (Wildman–Crippen MR) is 108 cm³/mol. The first-order valence-electron chi connectivity index (χ1n) is 9.10. The third-order valence-electron chi connectivity index (χ3n) is 4.54. The highest BCUT2D eigenvalue weighted by atomic mass is 16.1. The molecule has 1 saturated heterocycles. The topological polar surface area (TPSA) is 70.2 Å². The molecule has 6 heteroatoms. The molecule has 4 rings (SSSR count). The van der Waals surface area contributed by atoms with Crippen LogP contribution in [0.4, 0.5) is 22.9 Å². The summed E-state index contributed by atoms with van der Waals surface area (Å²) in [5.41, 5.74) is 3.14. The van der Waals surface area contributed by atoms with Crippen molar-refractivity contribution in [3.63, 3.8) is 0 Å². The maximum Gasteiger partial charge on any atom is 0.276 e. The lowest BCUT2D eigenvalue weighted by atomic mass is 10.2. The molecular formula is C21H21N5O. The van der Waals surface area contributed by atoms with Crippen LogP contribution < -0.4 is 15.5 Å². The van der Waals surface area contributed by atoms with Crippen molar-refractivity contribution in [2.45, 2.75) is 12.8 Å². The molecule has 0 saturated carbocycles. The van der Waals surface area contributed by atoms with E-state index in [1.54, 1.807) is 12.1 Å². The molecule has 6 nitrogen and oxygen atoms in total. The van der Waals surface area contributed by atoms with E-state index in [-0.39, 0.29) is 11.6 Å². The van der Waals surface area contributed by atoms with Crippen LogP contribution in [0.1, 0.15) is 23.3 Å². The molecule has 2 heterocycles. The Labute approximate surface area is 158 Å². The number of carbonyl (C=O) groups excluding carboxylic acids is 1. The third-order valence-corrected chi connectivity index (χ3v) is 4.54. The Bertz CT molecular complexity index is 888. The Hall–Kier alpha value is -3.41. The van der Waals surface area contributed by atoms with Gasteiger partial charge in [0.05, 0.1) is 0 Å².